The molecule has 7 aromatic carbocycles. The van der Waals surface area contributed by atoms with E-state index in [1.807, 2.05) is 48.5 Å². The van der Waals surface area contributed by atoms with Crippen molar-refractivity contribution in [3.63, 3.8) is 0 Å². The molecule has 6 heteroatoms. The first-order chi connectivity index (χ1) is 25.1. The molecule has 238 valence electrons. The lowest BCUT2D eigenvalue weighted by atomic mass is 10.1. The Balaban J connectivity index is 1.30. The van der Waals surface area contributed by atoms with Crippen molar-refractivity contribution in [2.24, 2.45) is 0 Å². The number of aromatic nitrogens is 2. The normalized spacial score (nSPS) is 12.7. The molecular formula is C45H26N4O2. The highest BCUT2D eigenvalue weighted by Gasteiger charge is 2.39. The standard InChI is InChI=1S/C45H26N4O2/c46-27-30-13-10-20-40(42(30)49-44(50)34-15-4-5-16-35(34)45(49)51)48-37-18-8-6-14-32(37)33-25-26-39-41(43(33)48)36-17-7-9-19-38(36)47(39)31-23-21-29(22-24-31)28-11-2-1-3-12-28/h1-26H. The van der Waals surface area contributed by atoms with Crippen molar-refractivity contribution >= 4 is 61.1 Å². The van der Waals surface area contributed by atoms with E-state index in [0.29, 0.717) is 16.8 Å². The summed E-state index contributed by atoms with van der Waals surface area (Å²) in [5, 5.41) is 14.6. The first-order valence-corrected chi connectivity index (χ1v) is 16.8. The number of fused-ring (bicyclic) bond motifs is 8. The maximum Gasteiger partial charge on any atom is 0.266 e. The van der Waals surface area contributed by atoms with E-state index in [2.05, 4.69) is 94.1 Å². The third-order valence-electron chi connectivity index (χ3n) is 10.1. The molecule has 0 spiro atoms. The second-order valence-electron chi connectivity index (χ2n) is 12.8. The molecule has 51 heavy (non-hydrogen) atoms. The van der Waals surface area contributed by atoms with Gasteiger partial charge in [-0.2, -0.15) is 5.26 Å². The predicted octanol–water partition coefficient (Wildman–Crippen LogP) is 10.2. The molecule has 2 amide bonds. The summed E-state index contributed by atoms with van der Waals surface area (Å²) >= 11 is 0. The number of imide groups is 1. The Morgan fingerprint density at radius 2 is 1.08 bits per heavy atom. The molecule has 0 N–H and O–H groups in total. The Morgan fingerprint density at radius 3 is 1.78 bits per heavy atom. The second-order valence-corrected chi connectivity index (χ2v) is 12.8. The summed E-state index contributed by atoms with van der Waals surface area (Å²) in [5.74, 6) is -0.887. The SMILES string of the molecule is N#Cc1cccc(-n2c3ccccc3c3ccc4c(c5ccccc5n4-c4ccc(-c5ccccc5)cc4)c32)c1N1C(=O)c2ccccc2C1=O. The molecule has 0 atom stereocenters. The Labute approximate surface area is 292 Å². The van der Waals surface area contributed by atoms with E-state index in [1.54, 1.807) is 30.3 Å². The van der Waals surface area contributed by atoms with Crippen molar-refractivity contribution in [3.8, 4) is 28.6 Å². The van der Waals surface area contributed by atoms with Crippen LogP contribution < -0.4 is 4.90 Å². The smallest absolute Gasteiger partial charge is 0.266 e. The number of nitrogens with zero attached hydrogens (tertiary/aromatic N) is 4. The number of benzene rings is 7. The van der Waals surface area contributed by atoms with Crippen molar-refractivity contribution in [2.45, 2.75) is 0 Å². The number of para-hydroxylation sites is 3. The van der Waals surface area contributed by atoms with Crippen molar-refractivity contribution in [2.75, 3.05) is 4.90 Å². The highest BCUT2D eigenvalue weighted by atomic mass is 16.2. The van der Waals surface area contributed by atoms with Gasteiger partial charge in [-0.3, -0.25) is 9.59 Å². The molecule has 0 fully saturated rings. The van der Waals surface area contributed by atoms with Gasteiger partial charge < -0.3 is 9.13 Å². The van der Waals surface area contributed by atoms with Gasteiger partial charge in [0.2, 0.25) is 0 Å². The summed E-state index contributed by atoms with van der Waals surface area (Å²) in [6.07, 6.45) is 0. The van der Waals surface area contributed by atoms with Crippen LogP contribution in [0.3, 0.4) is 0 Å². The molecular weight excluding hydrogens is 629 g/mol. The summed E-state index contributed by atoms with van der Waals surface area (Å²) < 4.78 is 4.42. The quantitative estimate of drug-likeness (QED) is 0.177. The molecule has 9 aromatic rings. The predicted molar refractivity (Wildman–Crippen MR) is 203 cm³/mol. The molecule has 0 unspecified atom stereocenters. The number of carbonyl (C=O) groups is 2. The fourth-order valence-electron chi connectivity index (χ4n) is 7.90. The summed E-state index contributed by atoms with van der Waals surface area (Å²) in [6.45, 7) is 0. The lowest BCUT2D eigenvalue weighted by Crippen LogP contribution is -2.31. The van der Waals surface area contributed by atoms with Crippen LogP contribution in [0.15, 0.2) is 158 Å². The molecule has 2 aromatic heterocycles. The number of anilines is 1. The molecule has 0 saturated carbocycles. The fourth-order valence-corrected chi connectivity index (χ4v) is 7.90. The number of hydrogen-bond donors (Lipinski definition) is 0. The van der Waals surface area contributed by atoms with Crippen LogP contribution in [0.1, 0.15) is 26.3 Å². The van der Waals surface area contributed by atoms with Crippen molar-refractivity contribution < 1.29 is 9.59 Å². The molecule has 0 aliphatic carbocycles. The maximum atomic E-state index is 14.0. The zero-order chi connectivity index (χ0) is 34.2. The van der Waals surface area contributed by atoms with Crippen molar-refractivity contribution in [3.05, 3.63) is 174 Å². The highest BCUT2D eigenvalue weighted by molar-refractivity contribution is 6.35. The van der Waals surface area contributed by atoms with E-state index in [4.69, 9.17) is 0 Å². The third-order valence-corrected chi connectivity index (χ3v) is 10.1. The number of carbonyl (C=O) groups excluding carboxylic acids is 2. The average Bonchev–Trinajstić information content (AvgIpc) is 3.79. The van der Waals surface area contributed by atoms with Crippen LogP contribution >= 0.6 is 0 Å². The van der Waals surface area contributed by atoms with Crippen LogP contribution in [0.2, 0.25) is 0 Å². The zero-order valence-electron chi connectivity index (χ0n) is 27.1. The van der Waals surface area contributed by atoms with Crippen LogP contribution in [0, 0.1) is 11.3 Å². The van der Waals surface area contributed by atoms with Gasteiger partial charge in [0.05, 0.1) is 50.1 Å². The van der Waals surface area contributed by atoms with E-state index >= 15 is 0 Å². The Kier molecular flexibility index (Phi) is 6.14. The summed E-state index contributed by atoms with van der Waals surface area (Å²) in [7, 11) is 0. The molecule has 1 aliphatic rings. The Bertz CT molecular complexity index is 2930. The van der Waals surface area contributed by atoms with Crippen LogP contribution in [-0.2, 0) is 0 Å². The average molecular weight is 655 g/mol. The van der Waals surface area contributed by atoms with Gasteiger partial charge >= 0.3 is 0 Å². The zero-order valence-corrected chi connectivity index (χ0v) is 27.1. The monoisotopic (exact) mass is 654 g/mol. The van der Waals surface area contributed by atoms with Gasteiger partial charge in [-0.25, -0.2) is 4.90 Å². The molecule has 0 radical (unpaired) electrons. The summed E-state index contributed by atoms with van der Waals surface area (Å²) in [5.41, 5.74) is 8.95. The van der Waals surface area contributed by atoms with Crippen LogP contribution in [0.5, 0.6) is 0 Å². The molecule has 1 aliphatic heterocycles. The summed E-state index contributed by atoms with van der Waals surface area (Å²) in [6, 6.07) is 54.3. The van der Waals surface area contributed by atoms with E-state index in [9.17, 15) is 14.9 Å². The molecule has 0 bridgehead atoms. The van der Waals surface area contributed by atoms with Gasteiger partial charge in [-0.05, 0) is 65.7 Å². The topological polar surface area (TPSA) is 71.0 Å². The van der Waals surface area contributed by atoms with E-state index in [-0.39, 0.29) is 11.3 Å². The first-order valence-electron chi connectivity index (χ1n) is 16.8. The Hall–Kier alpha value is -7.23. The molecule has 6 nitrogen and oxygen atoms in total. The van der Waals surface area contributed by atoms with Gasteiger partial charge in [-0.15, -0.1) is 0 Å². The number of rotatable bonds is 4. The number of hydrogen-bond acceptors (Lipinski definition) is 3. The van der Waals surface area contributed by atoms with Crippen molar-refractivity contribution in [1.29, 1.82) is 5.26 Å². The van der Waals surface area contributed by atoms with Crippen molar-refractivity contribution in [1.82, 2.24) is 9.13 Å². The minimum atomic E-state index is -0.444. The number of amides is 2. The Morgan fingerprint density at radius 1 is 0.471 bits per heavy atom. The lowest BCUT2D eigenvalue weighted by Gasteiger charge is -2.21. The van der Waals surface area contributed by atoms with Gasteiger partial charge in [0, 0.05) is 27.2 Å². The minimum Gasteiger partial charge on any atom is -0.309 e. The van der Waals surface area contributed by atoms with Crippen LogP contribution in [0.25, 0.3) is 66.1 Å². The maximum absolute atomic E-state index is 14.0. The first kappa shape index (κ1) is 28.8. The van der Waals surface area contributed by atoms with E-state index in [0.717, 1.165) is 60.4 Å². The van der Waals surface area contributed by atoms with Gasteiger partial charge in [0.15, 0.2) is 0 Å². The summed E-state index contributed by atoms with van der Waals surface area (Å²) in [4.78, 5) is 29.1. The molecule has 0 saturated heterocycles. The van der Waals surface area contributed by atoms with Crippen LogP contribution in [-0.4, -0.2) is 20.9 Å². The van der Waals surface area contributed by atoms with Crippen LogP contribution in [0.4, 0.5) is 5.69 Å². The molecule has 3 heterocycles. The third kappa shape index (κ3) is 4.03. The molecule has 10 rings (SSSR count). The largest absolute Gasteiger partial charge is 0.309 e. The fraction of sp³-hybridized carbons (Fsp3) is 0. The lowest BCUT2D eigenvalue weighted by molar-refractivity contribution is 0.0926. The second kappa shape index (κ2) is 10.9. The van der Waals surface area contributed by atoms with Gasteiger partial charge in [0.1, 0.15) is 6.07 Å². The highest BCUT2D eigenvalue weighted by Crippen LogP contribution is 2.45. The van der Waals surface area contributed by atoms with Gasteiger partial charge in [-0.1, -0.05) is 103 Å². The van der Waals surface area contributed by atoms with E-state index in [1.165, 1.54) is 4.90 Å². The number of nitriles is 1. The van der Waals surface area contributed by atoms with Gasteiger partial charge in [0.25, 0.3) is 11.8 Å². The minimum absolute atomic E-state index is 0.237. The van der Waals surface area contributed by atoms with E-state index < -0.39 is 11.8 Å².